The summed E-state index contributed by atoms with van der Waals surface area (Å²) in [4.78, 5) is 4.30. The highest BCUT2D eigenvalue weighted by molar-refractivity contribution is 5.27. The molecule has 5 nitrogen and oxygen atoms in total. The van der Waals surface area contributed by atoms with Gasteiger partial charge in [-0.3, -0.25) is 15.5 Å². The Balaban J connectivity index is 2.38. The molecule has 0 saturated carbocycles. The van der Waals surface area contributed by atoms with Crippen LogP contribution in [-0.2, 0) is 13.5 Å². The van der Waals surface area contributed by atoms with Gasteiger partial charge in [-0.25, -0.2) is 5.43 Å². The molecule has 0 amide bonds. The third-order valence-corrected chi connectivity index (χ3v) is 3.06. The predicted molar refractivity (Wildman–Crippen MR) is 70.7 cm³/mol. The van der Waals surface area contributed by atoms with Crippen molar-refractivity contribution in [3.63, 3.8) is 0 Å². The van der Waals surface area contributed by atoms with Gasteiger partial charge in [0.15, 0.2) is 0 Å². The second-order valence-corrected chi connectivity index (χ2v) is 4.37. The maximum absolute atomic E-state index is 5.68. The average Bonchev–Trinajstić information content (AvgIpc) is 2.74. The van der Waals surface area contributed by atoms with Crippen molar-refractivity contribution in [3.8, 4) is 0 Å². The minimum Gasteiger partial charge on any atom is -0.271 e. The third kappa shape index (κ3) is 2.42. The molecule has 2 heterocycles. The number of aryl methyl sites for hydroxylation is 3. The van der Waals surface area contributed by atoms with Crippen molar-refractivity contribution in [1.82, 2.24) is 20.2 Å². The van der Waals surface area contributed by atoms with E-state index in [0.717, 1.165) is 29.1 Å². The summed E-state index contributed by atoms with van der Waals surface area (Å²) in [6.45, 7) is 4.05. The summed E-state index contributed by atoms with van der Waals surface area (Å²) in [5, 5.41) is 4.44. The maximum Gasteiger partial charge on any atom is 0.0893 e. The van der Waals surface area contributed by atoms with Crippen LogP contribution in [0.2, 0.25) is 0 Å². The van der Waals surface area contributed by atoms with E-state index in [1.54, 1.807) is 0 Å². The Labute approximate surface area is 107 Å². The van der Waals surface area contributed by atoms with Crippen molar-refractivity contribution in [1.29, 1.82) is 0 Å². The van der Waals surface area contributed by atoms with Crippen molar-refractivity contribution in [2.75, 3.05) is 0 Å². The largest absolute Gasteiger partial charge is 0.271 e. The van der Waals surface area contributed by atoms with Gasteiger partial charge >= 0.3 is 0 Å². The summed E-state index contributed by atoms with van der Waals surface area (Å²) in [7, 11) is 1.93. The molecule has 0 bridgehead atoms. The molecule has 96 valence electrons. The minimum absolute atomic E-state index is 0.0871. The standard InChI is InChI=1S/C13H19N5/c1-4-11-7-12(18(3)17-11)13(16-14)10-6-5-9(2)15-8-10/h5-8,13,16H,4,14H2,1-3H3. The lowest BCUT2D eigenvalue weighted by Crippen LogP contribution is -2.30. The van der Waals surface area contributed by atoms with Crippen LogP contribution in [0.1, 0.15) is 35.6 Å². The first kappa shape index (κ1) is 12.7. The summed E-state index contributed by atoms with van der Waals surface area (Å²) in [6, 6.07) is 6.00. The molecule has 1 atom stereocenters. The molecule has 0 aliphatic heterocycles. The quantitative estimate of drug-likeness (QED) is 0.628. The number of nitrogens with one attached hydrogen (secondary N) is 1. The highest BCUT2D eigenvalue weighted by Gasteiger charge is 2.17. The van der Waals surface area contributed by atoms with Crippen LogP contribution in [0.3, 0.4) is 0 Å². The first-order valence-corrected chi connectivity index (χ1v) is 6.07. The van der Waals surface area contributed by atoms with Gasteiger partial charge in [-0.1, -0.05) is 13.0 Å². The van der Waals surface area contributed by atoms with Crippen molar-refractivity contribution >= 4 is 0 Å². The first-order valence-electron chi connectivity index (χ1n) is 6.07. The molecule has 2 aromatic rings. The van der Waals surface area contributed by atoms with Crippen LogP contribution in [0.4, 0.5) is 0 Å². The van der Waals surface area contributed by atoms with E-state index >= 15 is 0 Å². The average molecular weight is 245 g/mol. The van der Waals surface area contributed by atoms with E-state index in [2.05, 4.69) is 28.5 Å². The molecular weight excluding hydrogens is 226 g/mol. The first-order chi connectivity index (χ1) is 8.65. The van der Waals surface area contributed by atoms with Gasteiger partial charge in [0.25, 0.3) is 0 Å². The number of rotatable bonds is 4. The van der Waals surface area contributed by atoms with Crippen LogP contribution in [0.15, 0.2) is 24.4 Å². The van der Waals surface area contributed by atoms with Crippen LogP contribution in [0, 0.1) is 6.92 Å². The van der Waals surface area contributed by atoms with Crippen molar-refractivity contribution in [3.05, 3.63) is 47.0 Å². The molecule has 0 spiro atoms. The van der Waals surface area contributed by atoms with Crippen LogP contribution in [0.25, 0.3) is 0 Å². The Kier molecular flexibility index (Phi) is 3.74. The number of pyridine rings is 1. The van der Waals surface area contributed by atoms with Crippen LogP contribution >= 0.6 is 0 Å². The van der Waals surface area contributed by atoms with E-state index < -0.39 is 0 Å². The highest BCUT2D eigenvalue weighted by atomic mass is 15.3. The maximum atomic E-state index is 5.68. The molecule has 0 radical (unpaired) electrons. The molecule has 0 aliphatic rings. The van der Waals surface area contributed by atoms with Crippen LogP contribution in [-0.4, -0.2) is 14.8 Å². The third-order valence-electron chi connectivity index (χ3n) is 3.06. The van der Waals surface area contributed by atoms with Gasteiger partial charge in [-0.15, -0.1) is 0 Å². The Bertz CT molecular complexity index is 515. The molecule has 2 aromatic heterocycles. The lowest BCUT2D eigenvalue weighted by molar-refractivity contribution is 0.572. The summed E-state index contributed by atoms with van der Waals surface area (Å²) in [5.74, 6) is 5.68. The molecular formula is C13H19N5. The van der Waals surface area contributed by atoms with Gasteiger partial charge in [0.05, 0.1) is 17.4 Å². The SMILES string of the molecule is CCc1cc(C(NN)c2ccc(C)nc2)n(C)n1. The van der Waals surface area contributed by atoms with Gasteiger partial charge in [-0.2, -0.15) is 5.10 Å². The molecule has 5 heteroatoms. The summed E-state index contributed by atoms with van der Waals surface area (Å²) in [5.41, 5.74) is 6.97. The van der Waals surface area contributed by atoms with Crippen molar-refractivity contribution in [2.45, 2.75) is 26.3 Å². The van der Waals surface area contributed by atoms with Gasteiger partial charge in [-0.05, 0) is 31.0 Å². The number of aromatic nitrogens is 3. The Hall–Kier alpha value is -1.72. The molecule has 0 fully saturated rings. The summed E-state index contributed by atoms with van der Waals surface area (Å²) in [6.07, 6.45) is 2.76. The van der Waals surface area contributed by atoms with Crippen molar-refractivity contribution in [2.24, 2.45) is 12.9 Å². The zero-order chi connectivity index (χ0) is 13.1. The number of hydrogen-bond donors (Lipinski definition) is 2. The second-order valence-electron chi connectivity index (χ2n) is 4.37. The monoisotopic (exact) mass is 245 g/mol. The van der Waals surface area contributed by atoms with Gasteiger partial charge in [0.1, 0.15) is 0 Å². The lowest BCUT2D eigenvalue weighted by Gasteiger charge is -2.16. The highest BCUT2D eigenvalue weighted by Crippen LogP contribution is 2.21. The fraction of sp³-hybridized carbons (Fsp3) is 0.385. The Morgan fingerprint density at radius 1 is 1.44 bits per heavy atom. The van der Waals surface area contributed by atoms with Gasteiger partial charge in [0, 0.05) is 18.9 Å². The minimum atomic E-state index is -0.0871. The van der Waals surface area contributed by atoms with Crippen molar-refractivity contribution < 1.29 is 0 Å². The topological polar surface area (TPSA) is 68.8 Å². The van der Waals surface area contributed by atoms with E-state index in [1.807, 2.05) is 37.0 Å². The van der Waals surface area contributed by atoms with Crippen LogP contribution in [0.5, 0.6) is 0 Å². The van der Waals surface area contributed by atoms with E-state index in [1.165, 1.54) is 0 Å². The number of hydrazine groups is 1. The van der Waals surface area contributed by atoms with Gasteiger partial charge < -0.3 is 0 Å². The normalized spacial score (nSPS) is 12.7. The fourth-order valence-electron chi connectivity index (χ4n) is 1.99. The number of nitrogens with two attached hydrogens (primary N) is 1. The summed E-state index contributed by atoms with van der Waals surface area (Å²) < 4.78 is 1.86. The summed E-state index contributed by atoms with van der Waals surface area (Å²) >= 11 is 0. The van der Waals surface area contributed by atoms with E-state index in [0.29, 0.717) is 0 Å². The molecule has 1 unspecified atom stereocenters. The van der Waals surface area contributed by atoms with Gasteiger partial charge in [0.2, 0.25) is 0 Å². The molecule has 0 saturated heterocycles. The Morgan fingerprint density at radius 2 is 2.22 bits per heavy atom. The molecule has 18 heavy (non-hydrogen) atoms. The fourth-order valence-corrected chi connectivity index (χ4v) is 1.99. The smallest absolute Gasteiger partial charge is 0.0893 e. The van der Waals surface area contributed by atoms with E-state index in [-0.39, 0.29) is 6.04 Å². The molecule has 0 aliphatic carbocycles. The van der Waals surface area contributed by atoms with Crippen LogP contribution < -0.4 is 11.3 Å². The van der Waals surface area contributed by atoms with E-state index in [9.17, 15) is 0 Å². The molecule has 0 aromatic carbocycles. The zero-order valence-electron chi connectivity index (χ0n) is 11.0. The Morgan fingerprint density at radius 3 is 2.72 bits per heavy atom. The van der Waals surface area contributed by atoms with E-state index in [4.69, 9.17) is 5.84 Å². The second kappa shape index (κ2) is 5.29. The molecule has 3 N–H and O–H groups in total. The zero-order valence-corrected chi connectivity index (χ0v) is 11.0. The number of nitrogens with zero attached hydrogens (tertiary/aromatic N) is 3. The molecule has 2 rings (SSSR count). The lowest BCUT2D eigenvalue weighted by atomic mass is 10.1. The number of hydrogen-bond acceptors (Lipinski definition) is 4. The predicted octanol–water partition coefficient (Wildman–Crippen LogP) is 1.24.